The van der Waals surface area contributed by atoms with Crippen molar-refractivity contribution in [1.82, 2.24) is 0 Å². The summed E-state index contributed by atoms with van der Waals surface area (Å²) in [6, 6.07) is 0. The number of hydrogen-bond acceptors (Lipinski definition) is 4. The Bertz CT molecular complexity index is 457. The average molecular weight is 278 g/mol. The molecule has 4 heteroatoms. The zero-order valence-corrected chi connectivity index (χ0v) is 12.0. The lowest BCUT2D eigenvalue weighted by atomic mass is 10.1. The maximum Gasteiger partial charge on any atom is 0.342 e. The quantitative estimate of drug-likeness (QED) is 0.461. The molecule has 0 bridgehead atoms. The highest BCUT2D eigenvalue weighted by molar-refractivity contribution is 5.90. The Morgan fingerprint density at radius 3 is 2.60 bits per heavy atom. The lowest BCUT2D eigenvalue weighted by molar-refractivity contribution is -0.135. The van der Waals surface area contributed by atoms with Crippen molar-refractivity contribution in [1.29, 1.82) is 0 Å². The van der Waals surface area contributed by atoms with Crippen molar-refractivity contribution < 1.29 is 19.4 Å². The van der Waals surface area contributed by atoms with Crippen LogP contribution in [0, 0.1) is 0 Å². The van der Waals surface area contributed by atoms with E-state index in [-0.39, 0.29) is 19.2 Å². The van der Waals surface area contributed by atoms with Gasteiger partial charge in [0.2, 0.25) is 0 Å². The van der Waals surface area contributed by atoms with Gasteiger partial charge in [0, 0.05) is 6.42 Å². The average Bonchev–Trinajstić information content (AvgIpc) is 3.12. The molecule has 0 aliphatic heterocycles. The first-order chi connectivity index (χ1) is 9.72. The maximum atomic E-state index is 12.2. The smallest absolute Gasteiger partial charge is 0.342 e. The first-order valence-electron chi connectivity index (χ1n) is 7.27. The summed E-state index contributed by atoms with van der Waals surface area (Å²) < 4.78 is 11.0. The van der Waals surface area contributed by atoms with Gasteiger partial charge < -0.3 is 14.6 Å². The molecule has 0 unspecified atom stereocenters. The summed E-state index contributed by atoms with van der Waals surface area (Å²) in [5.41, 5.74) is 1.53. The minimum Gasteiger partial charge on any atom is -0.490 e. The van der Waals surface area contributed by atoms with Crippen molar-refractivity contribution in [3.8, 4) is 0 Å². The monoisotopic (exact) mass is 278 g/mol. The second-order valence-corrected chi connectivity index (χ2v) is 5.10. The molecule has 2 rings (SSSR count). The van der Waals surface area contributed by atoms with E-state index >= 15 is 0 Å². The van der Waals surface area contributed by atoms with Crippen molar-refractivity contribution in [3.05, 3.63) is 34.8 Å². The number of carbonyl (C=O) groups excluding carboxylic acids is 1. The summed E-state index contributed by atoms with van der Waals surface area (Å²) in [5, 5.41) is 8.92. The van der Waals surface area contributed by atoms with Crippen LogP contribution in [0.4, 0.5) is 0 Å². The van der Waals surface area contributed by atoms with Gasteiger partial charge in [0.05, 0.1) is 12.2 Å². The molecule has 0 amide bonds. The van der Waals surface area contributed by atoms with Gasteiger partial charge in [0.1, 0.15) is 18.1 Å². The Balaban J connectivity index is 2.11. The Morgan fingerprint density at radius 2 is 2.00 bits per heavy atom. The summed E-state index contributed by atoms with van der Waals surface area (Å²) >= 11 is 0. The molecule has 2 aliphatic carbocycles. The van der Waals surface area contributed by atoms with E-state index in [2.05, 4.69) is 6.08 Å². The zero-order chi connectivity index (χ0) is 14.4. The third-order valence-corrected chi connectivity index (χ3v) is 3.54. The minimum atomic E-state index is -0.348. The van der Waals surface area contributed by atoms with E-state index in [1.165, 1.54) is 0 Å². The van der Waals surface area contributed by atoms with Gasteiger partial charge >= 0.3 is 5.97 Å². The summed E-state index contributed by atoms with van der Waals surface area (Å²) in [5.74, 6) is 0.996. The van der Waals surface area contributed by atoms with E-state index in [0.717, 1.165) is 49.9 Å². The van der Waals surface area contributed by atoms with Gasteiger partial charge in [-0.2, -0.15) is 0 Å². The van der Waals surface area contributed by atoms with Crippen LogP contribution < -0.4 is 0 Å². The van der Waals surface area contributed by atoms with Gasteiger partial charge in [-0.05, 0) is 50.7 Å². The van der Waals surface area contributed by atoms with Gasteiger partial charge in [-0.1, -0.05) is 6.08 Å². The molecule has 2 aliphatic rings. The van der Waals surface area contributed by atoms with E-state index in [4.69, 9.17) is 14.6 Å². The van der Waals surface area contributed by atoms with Crippen LogP contribution in [0.2, 0.25) is 0 Å². The SMILES string of the molecule is CC(C(=O)OC1=CCCC1)=C(OCCO)C1=CCCC1. The second kappa shape index (κ2) is 7.29. The third kappa shape index (κ3) is 3.73. The predicted molar refractivity (Wildman–Crippen MR) is 75.7 cm³/mol. The first-order valence-corrected chi connectivity index (χ1v) is 7.27. The fourth-order valence-corrected chi connectivity index (χ4v) is 2.49. The van der Waals surface area contributed by atoms with Crippen LogP contribution in [0.1, 0.15) is 45.4 Å². The Labute approximate surface area is 119 Å². The molecule has 0 heterocycles. The number of aliphatic hydroxyl groups excluding tert-OH is 1. The molecule has 0 atom stereocenters. The fraction of sp³-hybridized carbons (Fsp3) is 0.562. The van der Waals surface area contributed by atoms with Crippen LogP contribution in [-0.4, -0.2) is 24.3 Å². The minimum absolute atomic E-state index is 0.0652. The molecule has 0 aromatic carbocycles. The van der Waals surface area contributed by atoms with Crippen molar-refractivity contribution in [2.24, 2.45) is 0 Å². The van der Waals surface area contributed by atoms with E-state index in [1.54, 1.807) is 6.92 Å². The summed E-state index contributed by atoms with van der Waals surface area (Å²) in [6.45, 7) is 1.86. The van der Waals surface area contributed by atoms with E-state index in [0.29, 0.717) is 11.3 Å². The lowest BCUT2D eigenvalue weighted by Gasteiger charge is -2.14. The Morgan fingerprint density at radius 1 is 1.25 bits per heavy atom. The Kier molecular flexibility index (Phi) is 5.41. The van der Waals surface area contributed by atoms with Crippen molar-refractivity contribution in [3.63, 3.8) is 0 Å². The van der Waals surface area contributed by atoms with Crippen LogP contribution in [0.5, 0.6) is 0 Å². The number of esters is 1. The molecule has 4 nitrogen and oxygen atoms in total. The summed E-state index contributed by atoms with van der Waals surface area (Å²) in [4.78, 5) is 12.2. The highest BCUT2D eigenvalue weighted by atomic mass is 16.5. The normalized spacial score (nSPS) is 19.3. The van der Waals surface area contributed by atoms with Gasteiger partial charge in [-0.25, -0.2) is 4.79 Å². The molecule has 0 saturated heterocycles. The van der Waals surface area contributed by atoms with Gasteiger partial charge in [-0.15, -0.1) is 0 Å². The topological polar surface area (TPSA) is 55.8 Å². The van der Waals surface area contributed by atoms with Crippen molar-refractivity contribution in [2.45, 2.75) is 45.4 Å². The molecule has 0 aromatic heterocycles. The van der Waals surface area contributed by atoms with Crippen LogP contribution in [0.3, 0.4) is 0 Å². The standard InChI is InChI=1S/C16H22O4/c1-12(16(18)20-14-8-4-5-9-14)15(19-11-10-17)13-6-2-3-7-13/h6,8,17H,2-5,7,9-11H2,1H3. The van der Waals surface area contributed by atoms with Crippen LogP contribution >= 0.6 is 0 Å². The van der Waals surface area contributed by atoms with E-state index < -0.39 is 0 Å². The summed E-state index contributed by atoms with van der Waals surface area (Å²) in [6.07, 6.45) is 9.91. The largest absolute Gasteiger partial charge is 0.490 e. The number of rotatable bonds is 6. The zero-order valence-electron chi connectivity index (χ0n) is 12.0. The molecule has 1 N–H and O–H groups in total. The van der Waals surface area contributed by atoms with E-state index in [1.807, 2.05) is 6.08 Å². The van der Waals surface area contributed by atoms with Gasteiger partial charge in [0.25, 0.3) is 0 Å². The molecule has 0 fully saturated rings. The highest BCUT2D eigenvalue weighted by Crippen LogP contribution is 2.29. The molecule has 0 saturated carbocycles. The second-order valence-electron chi connectivity index (χ2n) is 5.10. The summed E-state index contributed by atoms with van der Waals surface area (Å²) in [7, 11) is 0. The van der Waals surface area contributed by atoms with Gasteiger partial charge in [0.15, 0.2) is 0 Å². The molecule has 20 heavy (non-hydrogen) atoms. The number of carbonyl (C=O) groups is 1. The van der Waals surface area contributed by atoms with Crippen LogP contribution in [-0.2, 0) is 14.3 Å². The van der Waals surface area contributed by atoms with Crippen LogP contribution in [0.25, 0.3) is 0 Å². The number of allylic oxidation sites excluding steroid dienone is 4. The molecule has 0 aromatic rings. The number of aliphatic hydroxyl groups is 1. The highest BCUT2D eigenvalue weighted by Gasteiger charge is 2.21. The molecular formula is C16H22O4. The number of hydrogen-bond donors (Lipinski definition) is 1. The third-order valence-electron chi connectivity index (χ3n) is 3.54. The van der Waals surface area contributed by atoms with Crippen LogP contribution in [0.15, 0.2) is 34.8 Å². The molecular weight excluding hydrogens is 256 g/mol. The fourth-order valence-electron chi connectivity index (χ4n) is 2.49. The Hall–Kier alpha value is -1.55. The van der Waals surface area contributed by atoms with Crippen molar-refractivity contribution >= 4 is 5.97 Å². The molecule has 110 valence electrons. The predicted octanol–water partition coefficient (Wildman–Crippen LogP) is 2.99. The van der Waals surface area contributed by atoms with E-state index in [9.17, 15) is 4.79 Å². The van der Waals surface area contributed by atoms with Crippen molar-refractivity contribution in [2.75, 3.05) is 13.2 Å². The maximum absolute atomic E-state index is 12.2. The van der Waals surface area contributed by atoms with Gasteiger partial charge in [-0.3, -0.25) is 0 Å². The molecule has 0 spiro atoms. The molecule has 0 radical (unpaired) electrons. The number of ether oxygens (including phenoxy) is 2. The lowest BCUT2D eigenvalue weighted by Crippen LogP contribution is -2.11. The first kappa shape index (κ1) is 14.9.